The monoisotopic (exact) mass is 305 g/mol. The highest BCUT2D eigenvalue weighted by Crippen LogP contribution is 2.27. The molecule has 0 aliphatic heterocycles. The summed E-state index contributed by atoms with van der Waals surface area (Å²) in [7, 11) is 0. The summed E-state index contributed by atoms with van der Waals surface area (Å²) >= 11 is 1.24. The van der Waals surface area contributed by atoms with Crippen LogP contribution in [0, 0.1) is 5.41 Å². The highest BCUT2D eigenvalue weighted by Gasteiger charge is 2.22. The molecule has 1 heterocycles. The molecule has 1 aromatic carbocycles. The minimum atomic E-state index is -0.975. The van der Waals surface area contributed by atoms with Gasteiger partial charge < -0.3 is 10.4 Å². The van der Waals surface area contributed by atoms with E-state index in [-0.39, 0.29) is 11.5 Å². The maximum absolute atomic E-state index is 11.9. The number of hydrogen-bond donors (Lipinski definition) is 2. The second kappa shape index (κ2) is 5.61. The summed E-state index contributed by atoms with van der Waals surface area (Å²) in [4.78, 5) is 22.7. The van der Waals surface area contributed by atoms with Crippen LogP contribution in [-0.4, -0.2) is 27.2 Å². The second-order valence-corrected chi connectivity index (χ2v) is 6.48. The molecule has 110 valence electrons. The fraction of sp³-hybridized carbons (Fsp3) is 0.286. The molecule has 0 bridgehead atoms. The van der Waals surface area contributed by atoms with Crippen LogP contribution in [0.5, 0.6) is 0 Å². The fourth-order valence-electron chi connectivity index (χ4n) is 1.43. The Balaban J connectivity index is 2.16. The van der Waals surface area contributed by atoms with Gasteiger partial charge in [-0.25, -0.2) is 4.79 Å². The van der Waals surface area contributed by atoms with Gasteiger partial charge in [-0.15, -0.1) is 10.2 Å². The summed E-state index contributed by atoms with van der Waals surface area (Å²) in [6.45, 7) is 5.44. The van der Waals surface area contributed by atoms with Crippen molar-refractivity contribution in [2.45, 2.75) is 20.8 Å². The summed E-state index contributed by atoms with van der Waals surface area (Å²) in [5.74, 6) is -1.11. The van der Waals surface area contributed by atoms with Crippen LogP contribution < -0.4 is 5.32 Å². The number of carboxylic acids is 1. The molecule has 0 spiro atoms. The number of aromatic carboxylic acids is 1. The Hall–Kier alpha value is -2.28. The number of amides is 1. The van der Waals surface area contributed by atoms with E-state index in [1.54, 1.807) is 12.1 Å². The molecule has 0 unspecified atom stereocenters. The number of carboxylic acid groups (broad SMARTS) is 1. The van der Waals surface area contributed by atoms with E-state index in [0.717, 1.165) is 5.56 Å². The lowest BCUT2D eigenvalue weighted by Crippen LogP contribution is -2.27. The van der Waals surface area contributed by atoms with Gasteiger partial charge in [-0.1, -0.05) is 44.2 Å². The molecule has 2 rings (SSSR count). The van der Waals surface area contributed by atoms with Crippen molar-refractivity contribution in [1.29, 1.82) is 0 Å². The summed E-state index contributed by atoms with van der Waals surface area (Å²) < 4.78 is 0. The Bertz CT molecular complexity index is 672. The Morgan fingerprint density at radius 1 is 1.14 bits per heavy atom. The summed E-state index contributed by atoms with van der Waals surface area (Å²) in [5.41, 5.74) is 0.466. The zero-order valence-electron chi connectivity index (χ0n) is 11.9. The van der Waals surface area contributed by atoms with E-state index in [0.29, 0.717) is 10.1 Å². The van der Waals surface area contributed by atoms with Gasteiger partial charge in [-0.3, -0.25) is 4.79 Å². The zero-order chi connectivity index (χ0) is 15.6. The summed E-state index contributed by atoms with van der Waals surface area (Å²) in [5, 5.41) is 20.5. The number of carbonyl (C=O) groups excluding carboxylic acids is 1. The number of nitrogens with one attached hydrogen (secondary N) is 1. The lowest BCUT2D eigenvalue weighted by Gasteiger charge is -2.15. The van der Waals surface area contributed by atoms with Gasteiger partial charge in [-0.2, -0.15) is 0 Å². The molecule has 0 atom stereocenters. The highest BCUT2D eigenvalue weighted by molar-refractivity contribution is 7.18. The van der Waals surface area contributed by atoms with Crippen LogP contribution >= 0.6 is 11.3 Å². The highest BCUT2D eigenvalue weighted by atomic mass is 32.1. The Morgan fingerprint density at radius 2 is 1.76 bits per heavy atom. The van der Waals surface area contributed by atoms with Crippen molar-refractivity contribution in [3.05, 3.63) is 29.8 Å². The third-order valence-electron chi connectivity index (χ3n) is 2.71. The fourth-order valence-corrected chi connectivity index (χ4v) is 2.17. The quantitative estimate of drug-likeness (QED) is 0.909. The van der Waals surface area contributed by atoms with Crippen molar-refractivity contribution >= 4 is 28.3 Å². The smallest absolute Gasteiger partial charge is 0.335 e. The van der Waals surface area contributed by atoms with E-state index in [1.807, 2.05) is 20.8 Å². The Kier molecular flexibility index (Phi) is 4.04. The standard InChI is InChI=1S/C14H15N3O3S/c1-14(2,3)12(20)15-13-17-16-10(21-13)8-4-6-9(7-5-8)11(18)19/h4-7H,1-3H3,(H,18,19)(H,15,17,20). The average Bonchev–Trinajstić information content (AvgIpc) is 2.86. The molecule has 0 aliphatic carbocycles. The van der Waals surface area contributed by atoms with Gasteiger partial charge in [0.05, 0.1) is 5.56 Å². The molecule has 21 heavy (non-hydrogen) atoms. The lowest BCUT2D eigenvalue weighted by atomic mass is 9.96. The summed E-state index contributed by atoms with van der Waals surface area (Å²) in [6, 6.07) is 6.34. The van der Waals surface area contributed by atoms with Gasteiger partial charge in [-0.05, 0) is 12.1 Å². The van der Waals surface area contributed by atoms with E-state index >= 15 is 0 Å². The van der Waals surface area contributed by atoms with Crippen LogP contribution in [0.15, 0.2) is 24.3 Å². The van der Waals surface area contributed by atoms with E-state index in [1.165, 1.54) is 23.5 Å². The number of nitrogens with zero attached hydrogens (tertiary/aromatic N) is 2. The average molecular weight is 305 g/mol. The molecule has 0 fully saturated rings. The van der Waals surface area contributed by atoms with Crippen LogP contribution in [0.3, 0.4) is 0 Å². The first-order valence-corrected chi connectivity index (χ1v) is 7.08. The Labute approximate surface area is 125 Å². The first-order valence-electron chi connectivity index (χ1n) is 6.26. The van der Waals surface area contributed by atoms with Crippen molar-refractivity contribution in [1.82, 2.24) is 10.2 Å². The molecule has 0 aliphatic rings. The SMILES string of the molecule is CC(C)(C)C(=O)Nc1nnc(-c2ccc(C(=O)O)cc2)s1. The number of benzene rings is 1. The van der Waals surface area contributed by atoms with Gasteiger partial charge in [0, 0.05) is 11.0 Å². The zero-order valence-corrected chi connectivity index (χ0v) is 12.7. The molecule has 2 N–H and O–H groups in total. The minimum Gasteiger partial charge on any atom is -0.478 e. The number of anilines is 1. The van der Waals surface area contributed by atoms with Gasteiger partial charge >= 0.3 is 5.97 Å². The molecule has 0 radical (unpaired) electrons. The third kappa shape index (κ3) is 3.63. The van der Waals surface area contributed by atoms with Crippen molar-refractivity contribution in [3.63, 3.8) is 0 Å². The number of aromatic nitrogens is 2. The van der Waals surface area contributed by atoms with Gasteiger partial charge in [0.25, 0.3) is 0 Å². The van der Waals surface area contributed by atoms with Crippen LogP contribution in [0.1, 0.15) is 31.1 Å². The lowest BCUT2D eigenvalue weighted by molar-refractivity contribution is -0.123. The molecular weight excluding hydrogens is 290 g/mol. The molecule has 1 aromatic heterocycles. The molecule has 6 nitrogen and oxygen atoms in total. The maximum atomic E-state index is 11.9. The van der Waals surface area contributed by atoms with E-state index in [9.17, 15) is 9.59 Å². The first kappa shape index (κ1) is 15.1. The number of rotatable bonds is 3. The largest absolute Gasteiger partial charge is 0.478 e. The third-order valence-corrected chi connectivity index (χ3v) is 3.59. The normalized spacial score (nSPS) is 11.2. The maximum Gasteiger partial charge on any atom is 0.335 e. The van der Waals surface area contributed by atoms with E-state index in [2.05, 4.69) is 15.5 Å². The second-order valence-electron chi connectivity index (χ2n) is 5.50. The van der Waals surface area contributed by atoms with E-state index < -0.39 is 11.4 Å². The molecule has 2 aromatic rings. The molecule has 0 saturated heterocycles. The predicted molar refractivity (Wildman–Crippen MR) is 80.4 cm³/mol. The van der Waals surface area contributed by atoms with Gasteiger partial charge in [0.15, 0.2) is 0 Å². The van der Waals surface area contributed by atoms with Crippen LogP contribution in [0.2, 0.25) is 0 Å². The van der Waals surface area contributed by atoms with Crippen molar-refractivity contribution < 1.29 is 14.7 Å². The van der Waals surface area contributed by atoms with Crippen LogP contribution in [-0.2, 0) is 4.79 Å². The molecular formula is C14H15N3O3S. The Morgan fingerprint density at radius 3 is 2.29 bits per heavy atom. The number of hydrogen-bond acceptors (Lipinski definition) is 5. The van der Waals surface area contributed by atoms with Crippen molar-refractivity contribution in [2.75, 3.05) is 5.32 Å². The van der Waals surface area contributed by atoms with Crippen molar-refractivity contribution in [3.8, 4) is 10.6 Å². The number of carbonyl (C=O) groups is 2. The van der Waals surface area contributed by atoms with E-state index in [4.69, 9.17) is 5.11 Å². The van der Waals surface area contributed by atoms with Crippen molar-refractivity contribution in [2.24, 2.45) is 5.41 Å². The molecule has 0 saturated carbocycles. The van der Waals surface area contributed by atoms with Crippen LogP contribution in [0.4, 0.5) is 5.13 Å². The van der Waals surface area contributed by atoms with Gasteiger partial charge in [0.1, 0.15) is 5.01 Å². The molecule has 1 amide bonds. The predicted octanol–water partition coefficient (Wildman–Crippen LogP) is 2.89. The molecule has 7 heteroatoms. The topological polar surface area (TPSA) is 92.2 Å². The summed E-state index contributed by atoms with van der Waals surface area (Å²) in [6.07, 6.45) is 0. The van der Waals surface area contributed by atoms with Gasteiger partial charge in [0.2, 0.25) is 11.0 Å². The van der Waals surface area contributed by atoms with Crippen LogP contribution in [0.25, 0.3) is 10.6 Å². The minimum absolute atomic E-state index is 0.133. The first-order chi connectivity index (χ1) is 9.77.